The van der Waals surface area contributed by atoms with E-state index < -0.39 is 0 Å². The second-order valence-corrected chi connectivity index (χ2v) is 7.77. The first kappa shape index (κ1) is 19.2. The molecule has 1 fully saturated rings. The fourth-order valence-corrected chi connectivity index (χ4v) is 4.23. The molecule has 0 unspecified atom stereocenters. The summed E-state index contributed by atoms with van der Waals surface area (Å²) in [6.45, 7) is 1.85. The molecule has 10 nitrogen and oxygen atoms in total. The molecule has 4 aromatic heterocycles. The van der Waals surface area contributed by atoms with Gasteiger partial charge in [0.05, 0.1) is 11.7 Å². The zero-order valence-corrected chi connectivity index (χ0v) is 17.0. The standard InChI is InChI=1S/C21H22N8O2/c1-14-20(27-11-3-2-4-17(27)24-14)21(31)25-15-5-7-16(8-6-15)29-19(30)10-9-18(26-29)28-13-22-12-23-28/h2-4,9-13,15-16H,5-8H2,1H3,(H,25,31). The molecule has 4 aromatic rings. The van der Waals surface area contributed by atoms with E-state index in [0.29, 0.717) is 17.2 Å². The average molecular weight is 418 g/mol. The molecule has 1 aliphatic rings. The van der Waals surface area contributed by atoms with Crippen LogP contribution in [0.3, 0.4) is 0 Å². The normalized spacial score (nSPS) is 18.9. The number of amides is 1. The number of nitrogens with zero attached hydrogens (tertiary/aromatic N) is 7. The van der Waals surface area contributed by atoms with Crippen molar-refractivity contribution < 1.29 is 4.79 Å². The molecule has 5 rings (SSSR count). The number of rotatable bonds is 4. The molecule has 0 radical (unpaired) electrons. The number of aryl methyl sites for hydroxylation is 1. The molecule has 10 heteroatoms. The van der Waals surface area contributed by atoms with Crippen molar-refractivity contribution in [3.8, 4) is 5.82 Å². The molecule has 1 amide bonds. The molecule has 1 N–H and O–H groups in total. The first-order valence-electron chi connectivity index (χ1n) is 10.3. The number of aromatic nitrogens is 7. The number of carbonyl (C=O) groups is 1. The Morgan fingerprint density at radius 3 is 2.74 bits per heavy atom. The van der Waals surface area contributed by atoms with E-state index in [0.717, 1.165) is 31.3 Å². The van der Waals surface area contributed by atoms with Gasteiger partial charge in [0.15, 0.2) is 5.82 Å². The minimum Gasteiger partial charge on any atom is -0.348 e. The average Bonchev–Trinajstić information content (AvgIpc) is 3.42. The first-order chi connectivity index (χ1) is 15.1. The summed E-state index contributed by atoms with van der Waals surface area (Å²) in [5, 5.41) is 11.7. The van der Waals surface area contributed by atoms with Gasteiger partial charge in [0, 0.05) is 18.3 Å². The lowest BCUT2D eigenvalue weighted by atomic mass is 9.91. The highest BCUT2D eigenvalue weighted by atomic mass is 16.2. The van der Waals surface area contributed by atoms with Crippen LogP contribution in [0.1, 0.15) is 47.9 Å². The summed E-state index contributed by atoms with van der Waals surface area (Å²) in [6, 6.07) is 8.84. The maximum Gasteiger partial charge on any atom is 0.270 e. The fraction of sp³-hybridized carbons (Fsp3) is 0.333. The van der Waals surface area contributed by atoms with E-state index in [2.05, 4.69) is 25.5 Å². The van der Waals surface area contributed by atoms with Gasteiger partial charge >= 0.3 is 0 Å². The molecule has 158 valence electrons. The number of pyridine rings is 1. The molecule has 4 heterocycles. The van der Waals surface area contributed by atoms with Crippen LogP contribution in [0.25, 0.3) is 11.5 Å². The molecule has 0 saturated heterocycles. The van der Waals surface area contributed by atoms with Gasteiger partial charge in [0.2, 0.25) is 0 Å². The minimum absolute atomic E-state index is 0.0124. The summed E-state index contributed by atoms with van der Waals surface area (Å²) in [4.78, 5) is 33.7. The van der Waals surface area contributed by atoms with Gasteiger partial charge in [-0.15, -0.1) is 5.10 Å². The smallest absolute Gasteiger partial charge is 0.270 e. The maximum absolute atomic E-state index is 12.9. The Kier molecular flexibility index (Phi) is 4.81. The maximum atomic E-state index is 12.9. The van der Waals surface area contributed by atoms with Crippen molar-refractivity contribution in [1.29, 1.82) is 0 Å². The summed E-state index contributed by atoms with van der Waals surface area (Å²) in [5.41, 5.74) is 1.89. The van der Waals surface area contributed by atoms with Crippen molar-refractivity contribution in [2.75, 3.05) is 0 Å². The Balaban J connectivity index is 1.28. The quantitative estimate of drug-likeness (QED) is 0.540. The Morgan fingerprint density at radius 2 is 1.97 bits per heavy atom. The van der Waals surface area contributed by atoms with E-state index in [9.17, 15) is 9.59 Å². The zero-order valence-electron chi connectivity index (χ0n) is 17.0. The molecule has 1 aliphatic carbocycles. The molecule has 0 bridgehead atoms. The van der Waals surface area contributed by atoms with Crippen molar-refractivity contribution in [3.05, 3.63) is 70.9 Å². The van der Waals surface area contributed by atoms with Crippen molar-refractivity contribution in [2.24, 2.45) is 0 Å². The Bertz CT molecular complexity index is 1280. The number of nitrogens with one attached hydrogen (secondary N) is 1. The van der Waals surface area contributed by atoms with E-state index in [1.54, 1.807) is 12.4 Å². The lowest BCUT2D eigenvalue weighted by Gasteiger charge is -2.29. The second-order valence-electron chi connectivity index (χ2n) is 7.77. The molecular weight excluding hydrogens is 396 g/mol. The number of carbonyl (C=O) groups excluding carboxylic acids is 1. The Hall–Kier alpha value is -3.82. The van der Waals surface area contributed by atoms with E-state index in [1.165, 1.54) is 21.8 Å². The van der Waals surface area contributed by atoms with E-state index in [4.69, 9.17) is 0 Å². The predicted octanol–water partition coefficient (Wildman–Crippen LogP) is 1.69. The third-order valence-corrected chi connectivity index (χ3v) is 5.76. The zero-order chi connectivity index (χ0) is 21.4. The van der Waals surface area contributed by atoms with Gasteiger partial charge in [-0.05, 0) is 50.8 Å². The van der Waals surface area contributed by atoms with Crippen LogP contribution in [0.15, 0.2) is 54.0 Å². The van der Waals surface area contributed by atoms with Crippen LogP contribution < -0.4 is 10.9 Å². The van der Waals surface area contributed by atoms with Gasteiger partial charge in [0.25, 0.3) is 11.5 Å². The topological polar surface area (TPSA) is 112 Å². The fourth-order valence-electron chi connectivity index (χ4n) is 4.23. The number of hydrogen-bond acceptors (Lipinski definition) is 6. The Morgan fingerprint density at radius 1 is 1.13 bits per heavy atom. The predicted molar refractivity (Wildman–Crippen MR) is 112 cm³/mol. The van der Waals surface area contributed by atoms with Crippen molar-refractivity contribution in [1.82, 2.24) is 39.2 Å². The van der Waals surface area contributed by atoms with Gasteiger partial charge in [-0.3, -0.25) is 14.0 Å². The van der Waals surface area contributed by atoms with E-state index in [1.807, 2.05) is 35.7 Å². The molecular formula is C21H22N8O2. The highest BCUT2D eigenvalue weighted by Gasteiger charge is 2.27. The first-order valence-corrected chi connectivity index (χ1v) is 10.3. The summed E-state index contributed by atoms with van der Waals surface area (Å²) in [7, 11) is 0. The summed E-state index contributed by atoms with van der Waals surface area (Å²) in [5.74, 6) is 0.429. The third kappa shape index (κ3) is 3.60. The molecule has 31 heavy (non-hydrogen) atoms. The highest BCUT2D eigenvalue weighted by Crippen LogP contribution is 2.27. The molecule has 0 atom stereocenters. The van der Waals surface area contributed by atoms with Crippen molar-refractivity contribution in [3.63, 3.8) is 0 Å². The van der Waals surface area contributed by atoms with Crippen molar-refractivity contribution >= 4 is 11.6 Å². The van der Waals surface area contributed by atoms with Crippen LogP contribution >= 0.6 is 0 Å². The van der Waals surface area contributed by atoms with Crippen LogP contribution in [0, 0.1) is 6.92 Å². The molecule has 0 spiro atoms. The summed E-state index contributed by atoms with van der Waals surface area (Å²) >= 11 is 0. The van der Waals surface area contributed by atoms with Gasteiger partial charge in [-0.25, -0.2) is 19.3 Å². The van der Waals surface area contributed by atoms with Gasteiger partial charge in [-0.2, -0.15) is 5.10 Å². The molecule has 1 saturated carbocycles. The van der Waals surface area contributed by atoms with Crippen LogP contribution in [-0.2, 0) is 0 Å². The van der Waals surface area contributed by atoms with Gasteiger partial charge < -0.3 is 5.32 Å². The van der Waals surface area contributed by atoms with Crippen molar-refractivity contribution in [2.45, 2.75) is 44.7 Å². The van der Waals surface area contributed by atoms with Crippen LogP contribution in [0.5, 0.6) is 0 Å². The minimum atomic E-state index is -0.141. The molecule has 0 aromatic carbocycles. The monoisotopic (exact) mass is 418 g/mol. The van der Waals surface area contributed by atoms with Crippen LogP contribution in [-0.4, -0.2) is 45.9 Å². The number of fused-ring (bicyclic) bond motifs is 1. The largest absolute Gasteiger partial charge is 0.348 e. The third-order valence-electron chi connectivity index (χ3n) is 5.76. The SMILES string of the molecule is Cc1nc2ccccn2c1C(=O)NC1CCC(n2nc(-n3cncn3)ccc2=O)CC1. The molecule has 0 aliphatic heterocycles. The van der Waals surface area contributed by atoms with Crippen LogP contribution in [0.4, 0.5) is 0 Å². The van der Waals surface area contributed by atoms with E-state index >= 15 is 0 Å². The number of imidazole rings is 1. The van der Waals surface area contributed by atoms with Gasteiger partial charge in [0.1, 0.15) is 24.0 Å². The highest BCUT2D eigenvalue weighted by molar-refractivity contribution is 5.94. The second kappa shape index (κ2) is 7.78. The van der Waals surface area contributed by atoms with Crippen LogP contribution in [0.2, 0.25) is 0 Å². The van der Waals surface area contributed by atoms with E-state index in [-0.39, 0.29) is 23.6 Å². The summed E-state index contributed by atoms with van der Waals surface area (Å²) in [6.07, 6.45) is 7.88. The number of hydrogen-bond donors (Lipinski definition) is 1. The van der Waals surface area contributed by atoms with Gasteiger partial charge in [-0.1, -0.05) is 6.07 Å². The lowest BCUT2D eigenvalue weighted by Crippen LogP contribution is -2.40. The lowest BCUT2D eigenvalue weighted by molar-refractivity contribution is 0.0914. The summed E-state index contributed by atoms with van der Waals surface area (Å²) < 4.78 is 4.87. The Labute approximate surface area is 177 Å².